The third kappa shape index (κ3) is 2.68. The minimum absolute atomic E-state index is 0.136. The maximum absolute atomic E-state index is 10.7. The topological polar surface area (TPSA) is 85.8 Å². The molecule has 2 aromatic heterocycles. The fourth-order valence-electron chi connectivity index (χ4n) is 1.30. The SMILES string of the molecule is CCn1cc(-c2noc(CNC(C)=O)n2)cn1. The Morgan fingerprint density at radius 2 is 2.41 bits per heavy atom. The highest BCUT2D eigenvalue weighted by Gasteiger charge is 2.10. The number of carbonyl (C=O) groups excluding carboxylic acids is 1. The summed E-state index contributed by atoms with van der Waals surface area (Å²) in [6.45, 7) is 4.46. The molecule has 0 unspecified atom stereocenters. The highest BCUT2D eigenvalue weighted by Crippen LogP contribution is 2.14. The number of hydrogen-bond donors (Lipinski definition) is 1. The molecular weight excluding hydrogens is 222 g/mol. The summed E-state index contributed by atoms with van der Waals surface area (Å²) in [5.41, 5.74) is 0.796. The van der Waals surface area contributed by atoms with E-state index in [4.69, 9.17) is 4.52 Å². The van der Waals surface area contributed by atoms with Gasteiger partial charge in [-0.05, 0) is 6.92 Å². The molecule has 0 spiro atoms. The van der Waals surface area contributed by atoms with Crippen LogP contribution in [0, 0.1) is 0 Å². The van der Waals surface area contributed by atoms with Gasteiger partial charge in [-0.3, -0.25) is 9.48 Å². The summed E-state index contributed by atoms with van der Waals surface area (Å²) in [6, 6.07) is 0. The van der Waals surface area contributed by atoms with E-state index in [0.29, 0.717) is 11.7 Å². The Labute approximate surface area is 97.8 Å². The second kappa shape index (κ2) is 4.77. The number of hydrogen-bond acceptors (Lipinski definition) is 5. The molecule has 7 nitrogen and oxygen atoms in total. The highest BCUT2D eigenvalue weighted by atomic mass is 16.5. The van der Waals surface area contributed by atoms with E-state index in [2.05, 4.69) is 20.6 Å². The number of nitrogens with one attached hydrogen (secondary N) is 1. The van der Waals surface area contributed by atoms with Crippen LogP contribution in [-0.4, -0.2) is 25.8 Å². The maximum atomic E-state index is 10.7. The van der Waals surface area contributed by atoms with E-state index in [0.717, 1.165) is 12.1 Å². The average Bonchev–Trinajstić information content (AvgIpc) is 2.94. The Morgan fingerprint density at radius 3 is 3.06 bits per heavy atom. The summed E-state index contributed by atoms with van der Waals surface area (Å²) in [5.74, 6) is 0.716. The van der Waals surface area contributed by atoms with Crippen LogP contribution in [-0.2, 0) is 17.9 Å². The Bertz CT molecular complexity index is 516. The van der Waals surface area contributed by atoms with Crippen LogP contribution in [0.4, 0.5) is 0 Å². The molecule has 0 aliphatic heterocycles. The zero-order valence-electron chi connectivity index (χ0n) is 9.67. The molecule has 2 rings (SSSR count). The fraction of sp³-hybridized carbons (Fsp3) is 0.400. The zero-order valence-corrected chi connectivity index (χ0v) is 9.67. The molecular formula is C10H13N5O2. The van der Waals surface area contributed by atoms with Gasteiger partial charge >= 0.3 is 0 Å². The van der Waals surface area contributed by atoms with Crippen molar-refractivity contribution >= 4 is 5.91 Å². The van der Waals surface area contributed by atoms with Gasteiger partial charge in [0.25, 0.3) is 0 Å². The first-order chi connectivity index (χ1) is 8.19. The first-order valence-corrected chi connectivity index (χ1v) is 5.29. The minimum atomic E-state index is -0.136. The number of aromatic nitrogens is 4. The lowest BCUT2D eigenvalue weighted by Crippen LogP contribution is -2.18. The third-order valence-corrected chi connectivity index (χ3v) is 2.17. The molecule has 0 aliphatic carbocycles. The first-order valence-electron chi connectivity index (χ1n) is 5.29. The van der Waals surface area contributed by atoms with E-state index < -0.39 is 0 Å². The lowest BCUT2D eigenvalue weighted by atomic mass is 10.3. The molecule has 0 saturated carbocycles. The van der Waals surface area contributed by atoms with Gasteiger partial charge < -0.3 is 9.84 Å². The summed E-state index contributed by atoms with van der Waals surface area (Å²) in [4.78, 5) is 14.9. The molecule has 0 bridgehead atoms. The second-order valence-electron chi connectivity index (χ2n) is 3.51. The number of nitrogens with zero attached hydrogens (tertiary/aromatic N) is 4. The largest absolute Gasteiger partial charge is 0.347 e. The van der Waals surface area contributed by atoms with Gasteiger partial charge in [0.1, 0.15) is 0 Å². The summed E-state index contributed by atoms with van der Waals surface area (Å²) in [5, 5.41) is 10.5. The normalized spacial score (nSPS) is 10.5. The van der Waals surface area contributed by atoms with E-state index >= 15 is 0 Å². The van der Waals surface area contributed by atoms with Crippen molar-refractivity contribution in [2.45, 2.75) is 26.9 Å². The van der Waals surface area contributed by atoms with Crippen molar-refractivity contribution in [3.05, 3.63) is 18.3 Å². The summed E-state index contributed by atoms with van der Waals surface area (Å²) >= 11 is 0. The van der Waals surface area contributed by atoms with Gasteiger partial charge in [-0.1, -0.05) is 5.16 Å². The van der Waals surface area contributed by atoms with Crippen LogP contribution in [0.3, 0.4) is 0 Å². The van der Waals surface area contributed by atoms with Gasteiger partial charge in [-0.15, -0.1) is 0 Å². The molecule has 0 fully saturated rings. The Morgan fingerprint density at radius 1 is 1.59 bits per heavy atom. The molecule has 0 atom stereocenters. The van der Waals surface area contributed by atoms with Gasteiger partial charge in [0.05, 0.1) is 18.3 Å². The monoisotopic (exact) mass is 235 g/mol. The van der Waals surface area contributed by atoms with Crippen LogP contribution in [0.25, 0.3) is 11.4 Å². The van der Waals surface area contributed by atoms with Gasteiger partial charge in [0, 0.05) is 19.7 Å². The number of amides is 1. The number of carbonyl (C=O) groups is 1. The fourth-order valence-corrected chi connectivity index (χ4v) is 1.30. The second-order valence-corrected chi connectivity index (χ2v) is 3.51. The number of rotatable bonds is 4. The van der Waals surface area contributed by atoms with Crippen molar-refractivity contribution in [1.82, 2.24) is 25.2 Å². The summed E-state index contributed by atoms with van der Waals surface area (Å²) in [7, 11) is 0. The zero-order chi connectivity index (χ0) is 12.3. The molecule has 0 radical (unpaired) electrons. The van der Waals surface area contributed by atoms with Crippen LogP contribution in [0.5, 0.6) is 0 Å². The molecule has 1 amide bonds. The molecule has 0 aliphatic rings. The van der Waals surface area contributed by atoms with E-state index in [-0.39, 0.29) is 12.5 Å². The summed E-state index contributed by atoms with van der Waals surface area (Å²) in [6.07, 6.45) is 3.52. The van der Waals surface area contributed by atoms with Crippen LogP contribution < -0.4 is 5.32 Å². The minimum Gasteiger partial charge on any atom is -0.347 e. The smallest absolute Gasteiger partial charge is 0.246 e. The Kier molecular flexibility index (Phi) is 3.17. The lowest BCUT2D eigenvalue weighted by Gasteiger charge is -1.93. The van der Waals surface area contributed by atoms with Gasteiger partial charge in [-0.25, -0.2) is 0 Å². The molecule has 17 heavy (non-hydrogen) atoms. The lowest BCUT2D eigenvalue weighted by molar-refractivity contribution is -0.119. The third-order valence-electron chi connectivity index (χ3n) is 2.17. The van der Waals surface area contributed by atoms with Crippen molar-refractivity contribution in [2.24, 2.45) is 0 Å². The first kappa shape index (κ1) is 11.3. The van der Waals surface area contributed by atoms with Crippen LogP contribution in [0.2, 0.25) is 0 Å². The van der Waals surface area contributed by atoms with Crippen molar-refractivity contribution < 1.29 is 9.32 Å². The van der Waals surface area contributed by atoms with E-state index in [1.807, 2.05) is 13.1 Å². The molecule has 90 valence electrons. The summed E-state index contributed by atoms with van der Waals surface area (Å²) < 4.78 is 6.78. The van der Waals surface area contributed by atoms with E-state index in [1.165, 1.54) is 6.92 Å². The van der Waals surface area contributed by atoms with Crippen LogP contribution in [0.15, 0.2) is 16.9 Å². The van der Waals surface area contributed by atoms with Gasteiger partial charge in [-0.2, -0.15) is 10.1 Å². The van der Waals surface area contributed by atoms with Crippen molar-refractivity contribution in [3.8, 4) is 11.4 Å². The molecule has 2 aromatic rings. The highest BCUT2D eigenvalue weighted by molar-refractivity contribution is 5.72. The van der Waals surface area contributed by atoms with E-state index in [1.54, 1.807) is 10.9 Å². The Hall–Kier alpha value is -2.18. The predicted octanol–water partition coefficient (Wildman–Crippen LogP) is 0.589. The van der Waals surface area contributed by atoms with E-state index in [9.17, 15) is 4.79 Å². The molecule has 1 N–H and O–H groups in total. The van der Waals surface area contributed by atoms with Crippen LogP contribution in [0.1, 0.15) is 19.7 Å². The maximum Gasteiger partial charge on any atom is 0.246 e. The molecule has 2 heterocycles. The standard InChI is InChI=1S/C10H13N5O2/c1-3-15-6-8(4-12-15)10-13-9(17-14-10)5-11-7(2)16/h4,6H,3,5H2,1-2H3,(H,11,16). The van der Waals surface area contributed by atoms with Crippen molar-refractivity contribution in [2.75, 3.05) is 0 Å². The van der Waals surface area contributed by atoms with Gasteiger partial charge in [0.2, 0.25) is 17.6 Å². The molecule has 0 saturated heterocycles. The van der Waals surface area contributed by atoms with Crippen molar-refractivity contribution in [1.29, 1.82) is 0 Å². The van der Waals surface area contributed by atoms with Crippen LogP contribution >= 0.6 is 0 Å². The Balaban J connectivity index is 2.09. The molecule has 0 aromatic carbocycles. The molecule has 7 heteroatoms. The van der Waals surface area contributed by atoms with Crippen molar-refractivity contribution in [3.63, 3.8) is 0 Å². The van der Waals surface area contributed by atoms with Gasteiger partial charge in [0.15, 0.2) is 0 Å². The number of aryl methyl sites for hydroxylation is 1. The quantitative estimate of drug-likeness (QED) is 0.838. The average molecular weight is 235 g/mol. The predicted molar refractivity (Wildman–Crippen MR) is 58.7 cm³/mol.